The highest BCUT2D eigenvalue weighted by Crippen LogP contribution is 2.33. The SMILES string of the molecule is NC(=S)c1cc(F)c(N(CCCO)C2CCC2)c(F)c1. The zero-order valence-corrected chi connectivity index (χ0v) is 11.9. The molecule has 0 radical (unpaired) electrons. The van der Waals surface area contributed by atoms with Gasteiger partial charge in [0.05, 0.1) is 0 Å². The number of thiocarbonyl (C=S) groups is 1. The van der Waals surface area contributed by atoms with E-state index in [9.17, 15) is 8.78 Å². The van der Waals surface area contributed by atoms with Gasteiger partial charge in [0.15, 0.2) is 0 Å². The lowest BCUT2D eigenvalue weighted by Gasteiger charge is -2.39. The number of rotatable bonds is 6. The van der Waals surface area contributed by atoms with Crippen LogP contribution in [0, 0.1) is 11.6 Å². The van der Waals surface area contributed by atoms with E-state index in [0.29, 0.717) is 13.0 Å². The van der Waals surface area contributed by atoms with Crippen molar-refractivity contribution in [1.29, 1.82) is 0 Å². The molecule has 1 aromatic rings. The van der Waals surface area contributed by atoms with Gasteiger partial charge in [0, 0.05) is 24.8 Å². The minimum absolute atomic E-state index is 0.00255. The lowest BCUT2D eigenvalue weighted by atomic mass is 9.90. The van der Waals surface area contributed by atoms with E-state index < -0.39 is 11.6 Å². The second-order valence-corrected chi connectivity index (χ2v) is 5.45. The standard InChI is InChI=1S/C14H18F2N2OS/c15-11-7-9(14(17)20)8-12(16)13(11)18(5-2-6-19)10-3-1-4-10/h7-8,10,19H,1-6H2,(H2,17,20). The molecule has 20 heavy (non-hydrogen) atoms. The number of nitrogens with two attached hydrogens (primary N) is 1. The molecule has 0 heterocycles. The maximum absolute atomic E-state index is 14.2. The Kier molecular flexibility index (Phi) is 4.88. The Balaban J connectivity index is 2.34. The van der Waals surface area contributed by atoms with E-state index in [1.807, 2.05) is 0 Å². The second-order valence-electron chi connectivity index (χ2n) is 5.01. The van der Waals surface area contributed by atoms with E-state index in [1.54, 1.807) is 4.90 Å². The van der Waals surface area contributed by atoms with Gasteiger partial charge in [-0.1, -0.05) is 12.2 Å². The lowest BCUT2D eigenvalue weighted by molar-refractivity contribution is 0.282. The molecule has 1 fully saturated rings. The summed E-state index contributed by atoms with van der Waals surface area (Å²) < 4.78 is 28.4. The maximum atomic E-state index is 14.2. The van der Waals surface area contributed by atoms with Gasteiger partial charge in [0.2, 0.25) is 0 Å². The van der Waals surface area contributed by atoms with Crippen LogP contribution in [0.1, 0.15) is 31.2 Å². The predicted octanol–water partition coefficient (Wildman–Crippen LogP) is 2.34. The van der Waals surface area contributed by atoms with Crippen LogP contribution in [-0.2, 0) is 0 Å². The first-order chi connectivity index (χ1) is 9.54. The quantitative estimate of drug-likeness (QED) is 0.792. The number of aliphatic hydroxyl groups excluding tert-OH is 1. The number of hydrogen-bond donors (Lipinski definition) is 2. The zero-order chi connectivity index (χ0) is 14.7. The van der Waals surface area contributed by atoms with Crippen LogP contribution >= 0.6 is 12.2 Å². The van der Waals surface area contributed by atoms with Crippen LogP contribution in [0.3, 0.4) is 0 Å². The molecule has 110 valence electrons. The molecule has 0 atom stereocenters. The molecule has 0 aliphatic heterocycles. The second kappa shape index (κ2) is 6.45. The molecule has 2 rings (SSSR count). The summed E-state index contributed by atoms with van der Waals surface area (Å²) in [4.78, 5) is 1.69. The largest absolute Gasteiger partial charge is 0.396 e. The van der Waals surface area contributed by atoms with Gasteiger partial charge in [-0.15, -0.1) is 0 Å². The average Bonchev–Trinajstić information content (AvgIpc) is 2.32. The van der Waals surface area contributed by atoms with Gasteiger partial charge in [-0.2, -0.15) is 0 Å². The Morgan fingerprint density at radius 1 is 1.35 bits per heavy atom. The monoisotopic (exact) mass is 300 g/mol. The Morgan fingerprint density at radius 2 is 1.95 bits per heavy atom. The van der Waals surface area contributed by atoms with Crippen molar-refractivity contribution >= 4 is 22.9 Å². The first kappa shape index (κ1) is 15.1. The van der Waals surface area contributed by atoms with Crippen LogP contribution in [0.15, 0.2) is 12.1 Å². The predicted molar refractivity (Wildman–Crippen MR) is 78.9 cm³/mol. The molecule has 6 heteroatoms. The van der Waals surface area contributed by atoms with Gasteiger partial charge < -0.3 is 15.7 Å². The van der Waals surface area contributed by atoms with Crippen molar-refractivity contribution in [2.24, 2.45) is 5.73 Å². The number of nitrogens with zero attached hydrogens (tertiary/aromatic N) is 1. The molecule has 0 aromatic heterocycles. The van der Waals surface area contributed by atoms with Gasteiger partial charge in [-0.05, 0) is 37.8 Å². The number of benzene rings is 1. The van der Waals surface area contributed by atoms with Crippen molar-refractivity contribution in [3.63, 3.8) is 0 Å². The Labute approximate surface area is 122 Å². The highest BCUT2D eigenvalue weighted by molar-refractivity contribution is 7.80. The molecular formula is C14H18F2N2OS. The summed E-state index contributed by atoms with van der Waals surface area (Å²) in [6.45, 7) is 0.429. The summed E-state index contributed by atoms with van der Waals surface area (Å²) in [5.41, 5.74) is 5.56. The minimum Gasteiger partial charge on any atom is -0.396 e. The van der Waals surface area contributed by atoms with E-state index >= 15 is 0 Å². The Hall–Kier alpha value is -1.27. The Bertz CT molecular complexity index is 483. The normalized spacial score (nSPS) is 14.9. The molecule has 0 unspecified atom stereocenters. The topological polar surface area (TPSA) is 49.5 Å². The fourth-order valence-corrected chi connectivity index (χ4v) is 2.52. The summed E-state index contributed by atoms with van der Waals surface area (Å²) in [7, 11) is 0. The van der Waals surface area contributed by atoms with Gasteiger partial charge in [-0.25, -0.2) is 8.78 Å². The molecule has 0 saturated heterocycles. The zero-order valence-electron chi connectivity index (χ0n) is 11.1. The molecule has 0 bridgehead atoms. The summed E-state index contributed by atoms with van der Waals surface area (Å²) in [5, 5.41) is 8.94. The molecule has 3 nitrogen and oxygen atoms in total. The van der Waals surface area contributed by atoms with E-state index in [2.05, 4.69) is 0 Å². The maximum Gasteiger partial charge on any atom is 0.150 e. The molecule has 1 aliphatic rings. The fraction of sp³-hybridized carbons (Fsp3) is 0.500. The first-order valence-corrected chi connectivity index (χ1v) is 7.11. The number of hydrogen-bond acceptors (Lipinski definition) is 3. The molecule has 1 aliphatic carbocycles. The number of halogens is 2. The van der Waals surface area contributed by atoms with Crippen molar-refractivity contribution < 1.29 is 13.9 Å². The van der Waals surface area contributed by atoms with E-state index in [1.165, 1.54) is 12.1 Å². The highest BCUT2D eigenvalue weighted by Gasteiger charge is 2.29. The van der Waals surface area contributed by atoms with Gasteiger partial charge in [0.25, 0.3) is 0 Å². The summed E-state index contributed by atoms with van der Waals surface area (Å²) in [6.07, 6.45) is 3.38. The summed E-state index contributed by atoms with van der Waals surface area (Å²) in [6, 6.07) is 2.48. The summed E-state index contributed by atoms with van der Waals surface area (Å²) in [5.74, 6) is -1.31. The highest BCUT2D eigenvalue weighted by atomic mass is 32.1. The smallest absolute Gasteiger partial charge is 0.150 e. The van der Waals surface area contributed by atoms with Crippen molar-refractivity contribution in [3.8, 4) is 0 Å². The molecule has 0 amide bonds. The fourth-order valence-electron chi connectivity index (χ4n) is 2.40. The van der Waals surface area contributed by atoms with Crippen molar-refractivity contribution in [2.75, 3.05) is 18.1 Å². The third-order valence-corrected chi connectivity index (χ3v) is 3.90. The van der Waals surface area contributed by atoms with Crippen LogP contribution in [0.4, 0.5) is 14.5 Å². The van der Waals surface area contributed by atoms with Gasteiger partial charge in [-0.3, -0.25) is 0 Å². The molecule has 0 spiro atoms. The number of aliphatic hydroxyl groups is 1. The van der Waals surface area contributed by atoms with E-state index in [-0.39, 0.29) is 28.9 Å². The van der Waals surface area contributed by atoms with Crippen molar-refractivity contribution in [3.05, 3.63) is 29.3 Å². The van der Waals surface area contributed by atoms with Crippen LogP contribution in [0.5, 0.6) is 0 Å². The van der Waals surface area contributed by atoms with Crippen LogP contribution < -0.4 is 10.6 Å². The third-order valence-electron chi connectivity index (χ3n) is 3.66. The summed E-state index contributed by atoms with van der Waals surface area (Å²) >= 11 is 4.74. The number of anilines is 1. The Morgan fingerprint density at radius 3 is 2.35 bits per heavy atom. The van der Waals surface area contributed by atoms with Crippen molar-refractivity contribution in [2.45, 2.75) is 31.7 Å². The van der Waals surface area contributed by atoms with E-state index in [4.69, 9.17) is 23.1 Å². The minimum atomic E-state index is -0.655. The van der Waals surface area contributed by atoms with Crippen LogP contribution in [0.2, 0.25) is 0 Å². The molecule has 1 saturated carbocycles. The first-order valence-electron chi connectivity index (χ1n) is 6.71. The van der Waals surface area contributed by atoms with Crippen molar-refractivity contribution in [1.82, 2.24) is 0 Å². The lowest BCUT2D eigenvalue weighted by Crippen LogP contribution is -2.42. The van der Waals surface area contributed by atoms with Gasteiger partial charge in [0.1, 0.15) is 22.3 Å². The average molecular weight is 300 g/mol. The third kappa shape index (κ3) is 3.07. The van der Waals surface area contributed by atoms with Gasteiger partial charge >= 0.3 is 0 Å². The molecular weight excluding hydrogens is 282 g/mol. The molecule has 1 aromatic carbocycles. The van der Waals surface area contributed by atoms with Crippen LogP contribution in [-0.4, -0.2) is 29.3 Å². The van der Waals surface area contributed by atoms with Crippen LogP contribution in [0.25, 0.3) is 0 Å². The molecule has 3 N–H and O–H groups in total. The van der Waals surface area contributed by atoms with E-state index in [0.717, 1.165) is 19.3 Å².